The molecule has 0 aliphatic rings. The number of aromatic nitrogens is 3. The third-order valence-corrected chi connectivity index (χ3v) is 4.96. The molecule has 1 amide bonds. The number of hydrogen-bond acceptors (Lipinski definition) is 4. The molecule has 0 aliphatic heterocycles. The van der Waals surface area contributed by atoms with Crippen molar-refractivity contribution in [3.05, 3.63) is 58.1 Å². The second kappa shape index (κ2) is 8.73. The van der Waals surface area contributed by atoms with E-state index >= 15 is 0 Å². The van der Waals surface area contributed by atoms with Gasteiger partial charge in [0.15, 0.2) is 11.4 Å². The van der Waals surface area contributed by atoms with Gasteiger partial charge < -0.3 is 15.0 Å². The Balaban J connectivity index is 1.48. The summed E-state index contributed by atoms with van der Waals surface area (Å²) in [5, 5.41) is 17.4. The molecule has 2 heterocycles. The highest BCUT2D eigenvalue weighted by molar-refractivity contribution is 5.92. The standard InChI is InChI=1S/C21H26N4O3/c1-15-8-7-9-17-16(15)10-13-24(17)11-5-3-4-6-12-25-14-18(26)20(27)19(23-25)21(28)22-2/h7-10,13-14,26H,3-6,11-12H2,1-2H3,(H,22,28). The molecule has 3 rings (SSSR count). The summed E-state index contributed by atoms with van der Waals surface area (Å²) in [5.74, 6) is -1.05. The maximum absolute atomic E-state index is 11.8. The van der Waals surface area contributed by atoms with Crippen molar-refractivity contribution >= 4 is 16.8 Å². The normalized spacial score (nSPS) is 11.1. The molecule has 0 unspecified atom stereocenters. The smallest absolute Gasteiger partial charge is 0.275 e. The van der Waals surface area contributed by atoms with Gasteiger partial charge in [-0.25, -0.2) is 0 Å². The lowest BCUT2D eigenvalue weighted by Gasteiger charge is -2.09. The van der Waals surface area contributed by atoms with Crippen molar-refractivity contribution in [1.29, 1.82) is 0 Å². The highest BCUT2D eigenvalue weighted by atomic mass is 16.3. The molecule has 7 nitrogen and oxygen atoms in total. The molecule has 0 saturated carbocycles. The third-order valence-electron chi connectivity index (χ3n) is 4.96. The van der Waals surface area contributed by atoms with E-state index < -0.39 is 17.1 Å². The maximum Gasteiger partial charge on any atom is 0.275 e. The van der Waals surface area contributed by atoms with Gasteiger partial charge >= 0.3 is 0 Å². The quantitative estimate of drug-likeness (QED) is 0.586. The van der Waals surface area contributed by atoms with Crippen molar-refractivity contribution in [2.75, 3.05) is 7.05 Å². The molecule has 3 aromatic rings. The van der Waals surface area contributed by atoms with Crippen molar-refractivity contribution in [3.63, 3.8) is 0 Å². The van der Waals surface area contributed by atoms with E-state index in [0.717, 1.165) is 32.2 Å². The minimum absolute atomic E-state index is 0.280. The van der Waals surface area contributed by atoms with Crippen LogP contribution < -0.4 is 10.7 Å². The number of benzene rings is 1. The molecule has 28 heavy (non-hydrogen) atoms. The van der Waals surface area contributed by atoms with E-state index in [4.69, 9.17) is 0 Å². The summed E-state index contributed by atoms with van der Waals surface area (Å²) in [6, 6.07) is 8.54. The van der Waals surface area contributed by atoms with Crippen LogP contribution in [0.3, 0.4) is 0 Å². The Labute approximate surface area is 163 Å². The largest absolute Gasteiger partial charge is 0.503 e. The van der Waals surface area contributed by atoms with Crippen LogP contribution in [0.2, 0.25) is 0 Å². The Morgan fingerprint density at radius 2 is 1.89 bits per heavy atom. The molecule has 0 spiro atoms. The van der Waals surface area contributed by atoms with Gasteiger partial charge in [-0.2, -0.15) is 5.10 Å². The number of carbonyl (C=O) groups is 1. The van der Waals surface area contributed by atoms with E-state index in [0.29, 0.717) is 6.54 Å². The Kier molecular flexibility index (Phi) is 6.13. The first-order valence-electron chi connectivity index (χ1n) is 9.58. The predicted molar refractivity (Wildman–Crippen MR) is 109 cm³/mol. The number of aromatic hydroxyl groups is 1. The molecule has 2 aromatic heterocycles. The van der Waals surface area contributed by atoms with Crippen molar-refractivity contribution in [2.24, 2.45) is 0 Å². The molecule has 7 heteroatoms. The highest BCUT2D eigenvalue weighted by Gasteiger charge is 2.15. The average Bonchev–Trinajstić information content (AvgIpc) is 3.11. The second-order valence-electron chi connectivity index (χ2n) is 6.97. The number of carbonyl (C=O) groups excluding carboxylic acids is 1. The first kappa shape index (κ1) is 19.7. The van der Waals surface area contributed by atoms with Gasteiger partial charge in [-0.1, -0.05) is 25.0 Å². The van der Waals surface area contributed by atoms with Gasteiger partial charge in [0.05, 0.1) is 6.20 Å². The van der Waals surface area contributed by atoms with Gasteiger partial charge in [0.1, 0.15) is 0 Å². The molecule has 2 N–H and O–H groups in total. The van der Waals surface area contributed by atoms with E-state index in [9.17, 15) is 14.7 Å². The van der Waals surface area contributed by atoms with Crippen molar-refractivity contribution in [2.45, 2.75) is 45.7 Å². The summed E-state index contributed by atoms with van der Waals surface area (Å²) in [6.07, 6.45) is 7.42. The molecule has 0 bridgehead atoms. The zero-order valence-electron chi connectivity index (χ0n) is 16.3. The van der Waals surface area contributed by atoms with E-state index in [1.807, 2.05) is 0 Å². The monoisotopic (exact) mass is 382 g/mol. The summed E-state index contributed by atoms with van der Waals surface area (Å²) < 4.78 is 3.75. The van der Waals surface area contributed by atoms with Crippen LogP contribution in [-0.2, 0) is 13.1 Å². The number of fused-ring (bicyclic) bond motifs is 1. The second-order valence-corrected chi connectivity index (χ2v) is 6.97. The molecule has 0 saturated heterocycles. The summed E-state index contributed by atoms with van der Waals surface area (Å²) in [7, 11) is 1.42. The Morgan fingerprint density at radius 1 is 1.14 bits per heavy atom. The molecular formula is C21H26N4O3. The van der Waals surface area contributed by atoms with Gasteiger partial charge in [0.2, 0.25) is 0 Å². The summed E-state index contributed by atoms with van der Waals surface area (Å²) >= 11 is 0. The highest BCUT2D eigenvalue weighted by Crippen LogP contribution is 2.20. The number of hydrogen-bond donors (Lipinski definition) is 2. The van der Waals surface area contributed by atoms with E-state index in [1.54, 1.807) is 0 Å². The minimum atomic E-state index is -0.746. The van der Waals surface area contributed by atoms with Crippen LogP contribution in [0.5, 0.6) is 5.75 Å². The number of nitrogens with one attached hydrogen (secondary N) is 1. The SMILES string of the molecule is CNC(=O)c1nn(CCCCCCn2ccc3c(C)cccc32)cc(O)c1=O. The van der Waals surface area contributed by atoms with Crippen LogP contribution in [0.15, 0.2) is 41.5 Å². The van der Waals surface area contributed by atoms with Gasteiger partial charge in [0, 0.05) is 37.2 Å². The molecule has 0 aliphatic carbocycles. The zero-order valence-corrected chi connectivity index (χ0v) is 16.3. The van der Waals surface area contributed by atoms with Gasteiger partial charge in [-0.3, -0.25) is 14.3 Å². The fourth-order valence-electron chi connectivity index (χ4n) is 3.39. The molecule has 0 radical (unpaired) electrons. The lowest BCUT2D eigenvalue weighted by molar-refractivity contribution is 0.0953. The first-order chi connectivity index (χ1) is 13.5. The third kappa shape index (κ3) is 4.24. The van der Waals surface area contributed by atoms with Crippen molar-refractivity contribution < 1.29 is 9.90 Å². The summed E-state index contributed by atoms with van der Waals surface area (Å²) in [5.41, 5.74) is 1.54. The maximum atomic E-state index is 11.8. The minimum Gasteiger partial charge on any atom is -0.503 e. The van der Waals surface area contributed by atoms with Crippen LogP contribution in [-0.4, -0.2) is 32.4 Å². The average molecular weight is 382 g/mol. The molecule has 0 fully saturated rings. The zero-order chi connectivity index (χ0) is 20.1. The van der Waals surface area contributed by atoms with Crippen LogP contribution in [0.25, 0.3) is 10.9 Å². The van der Waals surface area contributed by atoms with Crippen LogP contribution in [0.1, 0.15) is 41.7 Å². The Hall–Kier alpha value is -3.09. The first-order valence-corrected chi connectivity index (χ1v) is 9.58. The molecule has 148 valence electrons. The fraction of sp³-hybridized carbons (Fsp3) is 0.381. The fourth-order valence-corrected chi connectivity index (χ4v) is 3.39. The number of rotatable bonds is 8. The molecule has 1 aromatic carbocycles. The Bertz CT molecular complexity index is 1040. The predicted octanol–water partition coefficient (Wildman–Crippen LogP) is 2.83. The van der Waals surface area contributed by atoms with E-state index in [-0.39, 0.29) is 5.69 Å². The topological polar surface area (TPSA) is 89.2 Å². The number of amides is 1. The van der Waals surface area contributed by atoms with Gasteiger partial charge in [0.25, 0.3) is 11.3 Å². The van der Waals surface area contributed by atoms with Crippen LogP contribution >= 0.6 is 0 Å². The lowest BCUT2D eigenvalue weighted by Crippen LogP contribution is -2.29. The van der Waals surface area contributed by atoms with Crippen molar-refractivity contribution in [1.82, 2.24) is 19.7 Å². The molecule has 0 atom stereocenters. The summed E-state index contributed by atoms with van der Waals surface area (Å²) in [4.78, 5) is 23.5. The number of aryl methyl sites for hydroxylation is 3. The molecular weight excluding hydrogens is 356 g/mol. The lowest BCUT2D eigenvalue weighted by atomic mass is 10.1. The summed E-state index contributed by atoms with van der Waals surface area (Å²) in [6.45, 7) is 3.65. The van der Waals surface area contributed by atoms with E-state index in [2.05, 4.69) is 52.4 Å². The number of unbranched alkanes of at least 4 members (excludes halogenated alkanes) is 3. The van der Waals surface area contributed by atoms with E-state index in [1.165, 1.54) is 34.4 Å². The van der Waals surface area contributed by atoms with Crippen LogP contribution in [0.4, 0.5) is 0 Å². The van der Waals surface area contributed by atoms with Crippen LogP contribution in [0, 0.1) is 6.92 Å². The van der Waals surface area contributed by atoms with Gasteiger partial charge in [-0.05, 0) is 37.5 Å². The van der Waals surface area contributed by atoms with Gasteiger partial charge in [-0.15, -0.1) is 0 Å². The van der Waals surface area contributed by atoms with Crippen molar-refractivity contribution in [3.8, 4) is 5.75 Å². The Morgan fingerprint density at radius 3 is 2.64 bits per heavy atom. The number of nitrogens with zero attached hydrogens (tertiary/aromatic N) is 3.